The molecule has 1 atom stereocenters. The molecule has 0 spiro atoms. The highest BCUT2D eigenvalue weighted by Crippen LogP contribution is 2.37. The van der Waals surface area contributed by atoms with Crippen molar-refractivity contribution < 1.29 is 9.53 Å². The summed E-state index contributed by atoms with van der Waals surface area (Å²) < 4.78 is 6.02. The molecule has 1 aromatic heterocycles. The lowest BCUT2D eigenvalue weighted by atomic mass is 9.91. The summed E-state index contributed by atoms with van der Waals surface area (Å²) in [6.07, 6.45) is 1.73. The van der Waals surface area contributed by atoms with Gasteiger partial charge in [-0.3, -0.25) is 4.79 Å². The van der Waals surface area contributed by atoms with Crippen molar-refractivity contribution in [3.63, 3.8) is 0 Å². The zero-order valence-corrected chi connectivity index (χ0v) is 15.7. The maximum Gasteiger partial charge on any atom is 0.160 e. The van der Waals surface area contributed by atoms with Crippen LogP contribution in [0.1, 0.15) is 42.9 Å². The van der Waals surface area contributed by atoms with Crippen LogP contribution >= 0.6 is 41.5 Å². The number of halogens is 1. The van der Waals surface area contributed by atoms with Crippen LogP contribution in [0.3, 0.4) is 0 Å². The van der Waals surface area contributed by atoms with E-state index in [9.17, 15) is 4.79 Å². The van der Waals surface area contributed by atoms with E-state index in [4.69, 9.17) is 4.74 Å². The Hall–Kier alpha value is -0.810. The van der Waals surface area contributed by atoms with Crippen molar-refractivity contribution in [3.8, 4) is 11.2 Å². The van der Waals surface area contributed by atoms with Crippen LogP contribution in [0.15, 0.2) is 24.3 Å². The summed E-state index contributed by atoms with van der Waals surface area (Å²) in [6.45, 7) is 2.75. The summed E-state index contributed by atoms with van der Waals surface area (Å²) in [5.41, 5.74) is 4.58. The Morgan fingerprint density at radius 1 is 1.41 bits per heavy atom. The van der Waals surface area contributed by atoms with Crippen LogP contribution in [-0.2, 0) is 11.2 Å². The lowest BCUT2D eigenvalue weighted by Gasteiger charge is -2.26. The number of carbonyl (C=O) groups is 1. The predicted octanol–water partition coefficient (Wildman–Crippen LogP) is 4.92. The molecule has 1 aliphatic heterocycles. The second-order valence-electron chi connectivity index (χ2n) is 5.00. The largest absolute Gasteiger partial charge is 0.368 e. The van der Waals surface area contributed by atoms with Crippen LogP contribution < -0.4 is 0 Å². The first-order chi connectivity index (χ1) is 10.7. The van der Waals surface area contributed by atoms with Crippen LogP contribution in [0.2, 0.25) is 0 Å². The number of aldehydes is 1. The summed E-state index contributed by atoms with van der Waals surface area (Å²) in [6, 6.07) is 8.29. The summed E-state index contributed by atoms with van der Waals surface area (Å²) in [5.74, 6) is 3.14. The maximum absolute atomic E-state index is 11.0. The number of benzene rings is 1. The van der Waals surface area contributed by atoms with Crippen molar-refractivity contribution in [1.82, 2.24) is 0 Å². The second kappa shape index (κ2) is 7.18. The molecule has 0 saturated carbocycles. The Bertz CT molecular complexity index is 771. The first-order valence-electron chi connectivity index (χ1n) is 6.81. The van der Waals surface area contributed by atoms with Crippen LogP contribution in [0.25, 0.3) is 0 Å². The molecule has 1 aliphatic rings. The maximum atomic E-state index is 11.0. The van der Waals surface area contributed by atoms with E-state index in [1.807, 2.05) is 13.0 Å². The number of thiophene rings is 1. The molecule has 2 aromatic rings. The second-order valence-corrected chi connectivity index (χ2v) is 7.96. The Balaban J connectivity index is 2.05. The summed E-state index contributed by atoms with van der Waals surface area (Å²) in [7, 11) is 1.48. The molecule has 0 radical (unpaired) electrons. The topological polar surface area (TPSA) is 26.3 Å². The molecular weight excluding hydrogens is 427 g/mol. The molecule has 0 N–H and O–H groups in total. The summed E-state index contributed by atoms with van der Waals surface area (Å²) >= 11 is 3.69. The average molecular weight is 440 g/mol. The molecule has 2 nitrogen and oxygen atoms in total. The third kappa shape index (κ3) is 3.25. The van der Waals surface area contributed by atoms with Crippen molar-refractivity contribution in [1.29, 1.82) is 0 Å². The predicted molar refractivity (Wildman–Crippen MR) is 101 cm³/mol. The zero-order valence-electron chi connectivity index (χ0n) is 11.9. The molecule has 112 valence electrons. The number of carbonyl (C=O) groups excluding carboxylic acids is 1. The fourth-order valence-corrected chi connectivity index (χ4v) is 4.05. The van der Waals surface area contributed by atoms with E-state index in [2.05, 4.69) is 50.6 Å². The average Bonchev–Trinajstić information content (AvgIpc) is 2.93. The highest BCUT2D eigenvalue weighted by Gasteiger charge is 2.25. The fraction of sp³-hybridized carbons (Fsp3) is 0.235. The molecule has 0 aliphatic carbocycles. The minimum absolute atomic E-state index is 0.0947. The van der Waals surface area contributed by atoms with Gasteiger partial charge in [-0.15, -0.1) is 11.3 Å². The van der Waals surface area contributed by atoms with Crippen LogP contribution in [0, 0.1) is 18.1 Å². The number of fused-ring (bicyclic) bond motifs is 1. The highest BCUT2D eigenvalue weighted by molar-refractivity contribution is 14.2. The van der Waals surface area contributed by atoms with E-state index < -0.39 is 0 Å². The van der Waals surface area contributed by atoms with Crippen molar-refractivity contribution in [2.45, 2.75) is 19.4 Å². The fourth-order valence-electron chi connectivity index (χ4n) is 2.69. The zero-order chi connectivity index (χ0) is 15.5. The molecule has 0 bridgehead atoms. The van der Waals surface area contributed by atoms with Gasteiger partial charge in [0.25, 0.3) is 0 Å². The van der Waals surface area contributed by atoms with Gasteiger partial charge in [-0.1, -0.05) is 12.0 Å². The van der Waals surface area contributed by atoms with Crippen molar-refractivity contribution in [2.24, 2.45) is 0 Å². The van der Waals surface area contributed by atoms with Gasteiger partial charge in [0.1, 0.15) is 6.10 Å². The first-order valence-corrected chi connectivity index (χ1v) is 11.0. The van der Waals surface area contributed by atoms with Gasteiger partial charge in [0.05, 0.1) is 11.5 Å². The van der Waals surface area contributed by atoms with Gasteiger partial charge in [0.2, 0.25) is 0 Å². The van der Waals surface area contributed by atoms with Gasteiger partial charge in [-0.2, -0.15) is 0 Å². The number of hydrogen-bond donors (Lipinski definition) is 0. The first kappa shape index (κ1) is 16.1. The van der Waals surface area contributed by atoms with Crippen molar-refractivity contribution in [3.05, 3.63) is 56.3 Å². The van der Waals surface area contributed by atoms with E-state index in [0.29, 0.717) is 6.61 Å². The molecule has 22 heavy (non-hydrogen) atoms. The molecule has 0 saturated heterocycles. The van der Waals surface area contributed by atoms with Gasteiger partial charge in [0.15, 0.2) is 6.29 Å². The number of hydrogen-bond acceptors (Lipinski definition) is 4. The molecule has 1 unspecified atom stereocenters. The molecule has 3 rings (SSSR count). The summed E-state index contributed by atoms with van der Waals surface area (Å²) in [4.78, 5) is 12.9. The number of rotatable bonds is 2. The van der Waals surface area contributed by atoms with Crippen molar-refractivity contribution in [2.75, 3.05) is 6.61 Å². The molecular formula is C17H13IO2S2. The van der Waals surface area contributed by atoms with Gasteiger partial charge in [-0.25, -0.2) is 0 Å². The molecule has 5 heteroatoms. The molecule has 2 heterocycles. The number of aryl methyl sites for hydroxylation is 1. The van der Waals surface area contributed by atoms with Gasteiger partial charge >= 0.3 is 0 Å². The Kier molecular flexibility index (Phi) is 5.24. The normalized spacial score (nSPS) is 16.5. The van der Waals surface area contributed by atoms with Crippen molar-refractivity contribution >= 4 is 47.8 Å². The monoisotopic (exact) mass is 440 g/mol. The van der Waals surface area contributed by atoms with E-state index in [1.54, 1.807) is 0 Å². The van der Waals surface area contributed by atoms with Gasteiger partial charge in [0, 0.05) is 31.6 Å². The minimum atomic E-state index is -0.0947. The standard InChI is InChI=1S/C17H13IO2S2/c1-11-15(9-14(10-19)22-11)17-16-8-12(5-7-21-18)2-3-13(16)4-6-20-17/h2-3,8-10,17H,4,6H2,1H3. The quantitative estimate of drug-likeness (QED) is 0.377. The summed E-state index contributed by atoms with van der Waals surface area (Å²) in [5, 5.41) is 3.02. The minimum Gasteiger partial charge on any atom is -0.368 e. The molecule has 1 aromatic carbocycles. The van der Waals surface area contributed by atoms with Gasteiger partial charge < -0.3 is 4.74 Å². The third-order valence-electron chi connectivity index (χ3n) is 3.69. The molecule has 0 amide bonds. The van der Waals surface area contributed by atoms with E-state index in [-0.39, 0.29) is 6.10 Å². The Morgan fingerprint density at radius 2 is 2.27 bits per heavy atom. The van der Waals surface area contributed by atoms with E-state index in [1.165, 1.54) is 31.4 Å². The molecule has 0 fully saturated rings. The number of ether oxygens (including phenoxy) is 1. The van der Waals surface area contributed by atoms with Crippen LogP contribution in [-0.4, -0.2) is 12.9 Å². The Labute approximate surface area is 150 Å². The van der Waals surface area contributed by atoms with Crippen LogP contribution in [0.4, 0.5) is 0 Å². The van der Waals surface area contributed by atoms with Gasteiger partial charge in [-0.05, 0) is 62.4 Å². The lowest BCUT2D eigenvalue weighted by molar-refractivity contribution is 0.0697. The Morgan fingerprint density at radius 3 is 3.00 bits per heavy atom. The SMILES string of the molecule is Cc1sc(C=O)cc1C1OCCc2ccc(C#CSI)cc21. The van der Waals surface area contributed by atoms with E-state index >= 15 is 0 Å². The third-order valence-corrected chi connectivity index (χ3v) is 5.52. The smallest absolute Gasteiger partial charge is 0.160 e. The van der Waals surface area contributed by atoms with E-state index in [0.717, 1.165) is 33.6 Å². The van der Waals surface area contributed by atoms with Crippen LogP contribution in [0.5, 0.6) is 0 Å². The lowest BCUT2D eigenvalue weighted by Crippen LogP contribution is -2.17. The highest BCUT2D eigenvalue weighted by atomic mass is 127.